The lowest BCUT2D eigenvalue weighted by Crippen LogP contribution is -2.10. The van der Waals surface area contributed by atoms with Gasteiger partial charge in [0.15, 0.2) is 0 Å². The number of hydrogen-bond donors (Lipinski definition) is 1. The van der Waals surface area contributed by atoms with Crippen LogP contribution >= 0.6 is 0 Å². The highest BCUT2D eigenvalue weighted by Gasteiger charge is 2.17. The first-order valence-electron chi connectivity index (χ1n) is 6.93. The smallest absolute Gasteiger partial charge is 0.292 e. The van der Waals surface area contributed by atoms with E-state index < -0.39 is 0 Å². The molecule has 0 aliphatic carbocycles. The summed E-state index contributed by atoms with van der Waals surface area (Å²) in [5.74, 6) is 0. The summed E-state index contributed by atoms with van der Waals surface area (Å²) < 4.78 is 5.65. The molecule has 0 heterocycles. The number of nitrogens with zero attached hydrogens (tertiary/aromatic N) is 1. The highest BCUT2D eigenvalue weighted by Crippen LogP contribution is 2.29. The van der Waals surface area contributed by atoms with Crippen molar-refractivity contribution in [1.82, 2.24) is 0 Å². The molecule has 0 saturated carbocycles. The first kappa shape index (κ1) is 16.4. The van der Waals surface area contributed by atoms with Crippen molar-refractivity contribution in [3.8, 4) is 0 Å². The van der Waals surface area contributed by atoms with E-state index >= 15 is 0 Å². The molecule has 1 rings (SSSR count). The molecule has 5 heteroatoms. The summed E-state index contributed by atoms with van der Waals surface area (Å²) in [7, 11) is 0. The van der Waals surface area contributed by atoms with Gasteiger partial charge in [0.05, 0.1) is 11.5 Å². The van der Waals surface area contributed by atoms with Gasteiger partial charge in [0.2, 0.25) is 0 Å². The summed E-state index contributed by atoms with van der Waals surface area (Å²) in [5.41, 5.74) is 1.72. The van der Waals surface area contributed by atoms with E-state index in [1.807, 2.05) is 13.0 Å². The normalized spacial score (nSPS) is 11.4. The van der Waals surface area contributed by atoms with Crippen molar-refractivity contribution in [1.29, 1.82) is 0 Å². The van der Waals surface area contributed by atoms with Crippen molar-refractivity contribution in [3.63, 3.8) is 0 Å². The van der Waals surface area contributed by atoms with Crippen molar-refractivity contribution in [3.05, 3.63) is 33.9 Å². The van der Waals surface area contributed by atoms with Gasteiger partial charge in [-0.3, -0.25) is 10.1 Å². The van der Waals surface area contributed by atoms with E-state index in [0.29, 0.717) is 25.4 Å². The Labute approximate surface area is 120 Å². The van der Waals surface area contributed by atoms with Crippen LogP contribution in [0.3, 0.4) is 0 Å². The second-order valence-corrected chi connectivity index (χ2v) is 5.96. The fourth-order valence-electron chi connectivity index (χ4n) is 1.80. The van der Waals surface area contributed by atoms with Crippen molar-refractivity contribution in [2.75, 3.05) is 18.5 Å². The molecule has 0 amide bonds. The van der Waals surface area contributed by atoms with Crippen molar-refractivity contribution in [2.24, 2.45) is 5.41 Å². The highest BCUT2D eigenvalue weighted by molar-refractivity contribution is 5.66. The van der Waals surface area contributed by atoms with Gasteiger partial charge in [0, 0.05) is 24.8 Å². The summed E-state index contributed by atoms with van der Waals surface area (Å²) in [6, 6.07) is 5.07. The third-order valence-electron chi connectivity index (χ3n) is 2.93. The highest BCUT2D eigenvalue weighted by atomic mass is 16.6. The number of para-hydroxylation sites is 1. The molecular weight excluding hydrogens is 256 g/mol. The second kappa shape index (κ2) is 7.24. The van der Waals surface area contributed by atoms with Gasteiger partial charge in [-0.05, 0) is 18.8 Å². The van der Waals surface area contributed by atoms with Gasteiger partial charge in [0.25, 0.3) is 5.69 Å². The zero-order valence-corrected chi connectivity index (χ0v) is 12.7. The number of ether oxygens (including phenoxy) is 1. The van der Waals surface area contributed by atoms with Gasteiger partial charge >= 0.3 is 0 Å². The number of anilines is 1. The predicted octanol–water partition coefficient (Wildman–Crippen LogP) is 3.98. The Morgan fingerprint density at radius 1 is 1.35 bits per heavy atom. The van der Waals surface area contributed by atoms with Crippen LogP contribution in [0, 0.1) is 15.5 Å². The molecule has 0 bridgehead atoms. The summed E-state index contributed by atoms with van der Waals surface area (Å²) in [6.07, 6.45) is 0.957. The standard InChI is InChI=1S/C15H24N2O3/c1-5-16-14-12(7-6-8-13(14)17(18)19)11-20-10-9-15(2,3)4/h6-8,16H,5,9-11H2,1-4H3. The fraction of sp³-hybridized carbons (Fsp3) is 0.600. The molecule has 0 atom stereocenters. The lowest BCUT2D eigenvalue weighted by molar-refractivity contribution is -0.384. The molecule has 0 spiro atoms. The van der Waals surface area contributed by atoms with E-state index in [4.69, 9.17) is 4.74 Å². The van der Waals surface area contributed by atoms with Crippen molar-refractivity contribution in [2.45, 2.75) is 40.7 Å². The van der Waals surface area contributed by atoms with Crippen LogP contribution in [0.5, 0.6) is 0 Å². The SMILES string of the molecule is CCNc1c(COCCC(C)(C)C)cccc1[N+](=O)[O-]. The molecule has 0 radical (unpaired) electrons. The van der Waals surface area contributed by atoms with E-state index in [2.05, 4.69) is 26.1 Å². The molecular formula is C15H24N2O3. The first-order chi connectivity index (χ1) is 9.35. The molecule has 0 fully saturated rings. The zero-order valence-electron chi connectivity index (χ0n) is 12.7. The monoisotopic (exact) mass is 280 g/mol. The lowest BCUT2D eigenvalue weighted by Gasteiger charge is -2.18. The Hall–Kier alpha value is -1.62. The zero-order chi connectivity index (χ0) is 15.2. The average molecular weight is 280 g/mol. The Balaban J connectivity index is 2.74. The van der Waals surface area contributed by atoms with Crippen LogP contribution in [0.25, 0.3) is 0 Å². The second-order valence-electron chi connectivity index (χ2n) is 5.96. The van der Waals surface area contributed by atoms with E-state index in [1.54, 1.807) is 6.07 Å². The molecule has 0 aromatic heterocycles. The minimum atomic E-state index is -0.364. The maximum absolute atomic E-state index is 11.0. The number of nitro groups is 1. The van der Waals surface area contributed by atoms with Crippen molar-refractivity contribution < 1.29 is 9.66 Å². The molecule has 5 nitrogen and oxygen atoms in total. The van der Waals surface area contributed by atoms with Crippen LogP contribution in [-0.4, -0.2) is 18.1 Å². The topological polar surface area (TPSA) is 64.4 Å². The minimum Gasteiger partial charge on any atom is -0.379 e. The van der Waals surface area contributed by atoms with E-state index in [9.17, 15) is 10.1 Å². The van der Waals surface area contributed by atoms with Crippen LogP contribution in [0.1, 0.15) is 39.7 Å². The number of benzene rings is 1. The molecule has 0 aliphatic rings. The van der Waals surface area contributed by atoms with Crippen molar-refractivity contribution >= 4 is 11.4 Å². The first-order valence-corrected chi connectivity index (χ1v) is 6.93. The number of nitrogens with one attached hydrogen (secondary N) is 1. The van der Waals surface area contributed by atoms with Gasteiger partial charge in [0.1, 0.15) is 5.69 Å². The fourth-order valence-corrected chi connectivity index (χ4v) is 1.80. The summed E-state index contributed by atoms with van der Waals surface area (Å²) in [6.45, 7) is 10.1. The summed E-state index contributed by atoms with van der Waals surface area (Å²) >= 11 is 0. The number of nitro benzene ring substituents is 1. The Morgan fingerprint density at radius 3 is 2.60 bits per heavy atom. The largest absolute Gasteiger partial charge is 0.379 e. The number of rotatable bonds is 7. The summed E-state index contributed by atoms with van der Waals surface area (Å²) in [4.78, 5) is 10.7. The van der Waals surface area contributed by atoms with Gasteiger partial charge < -0.3 is 10.1 Å². The lowest BCUT2D eigenvalue weighted by atomic mass is 9.93. The molecule has 1 N–H and O–H groups in total. The maximum Gasteiger partial charge on any atom is 0.292 e. The Kier molecular flexibility index (Phi) is 5.95. The molecule has 0 aliphatic heterocycles. The summed E-state index contributed by atoms with van der Waals surface area (Å²) in [5, 5.41) is 14.1. The third kappa shape index (κ3) is 5.17. The van der Waals surface area contributed by atoms with Crippen LogP contribution in [0.4, 0.5) is 11.4 Å². The quantitative estimate of drug-likeness (QED) is 0.466. The minimum absolute atomic E-state index is 0.101. The Morgan fingerprint density at radius 2 is 2.05 bits per heavy atom. The molecule has 0 unspecified atom stereocenters. The number of hydrogen-bond acceptors (Lipinski definition) is 4. The van der Waals surface area contributed by atoms with Crippen LogP contribution in [0.15, 0.2) is 18.2 Å². The molecule has 1 aromatic carbocycles. The van der Waals surface area contributed by atoms with Gasteiger partial charge in [-0.1, -0.05) is 32.9 Å². The average Bonchev–Trinajstić information content (AvgIpc) is 2.35. The van der Waals surface area contributed by atoms with Gasteiger partial charge in [-0.2, -0.15) is 0 Å². The van der Waals surface area contributed by atoms with Crippen LogP contribution < -0.4 is 5.32 Å². The van der Waals surface area contributed by atoms with E-state index in [1.165, 1.54) is 6.07 Å². The molecule has 0 saturated heterocycles. The van der Waals surface area contributed by atoms with Crippen LogP contribution in [0.2, 0.25) is 0 Å². The third-order valence-corrected chi connectivity index (χ3v) is 2.93. The molecule has 112 valence electrons. The van der Waals surface area contributed by atoms with Gasteiger partial charge in [-0.25, -0.2) is 0 Å². The molecule has 20 heavy (non-hydrogen) atoms. The van der Waals surface area contributed by atoms with Gasteiger partial charge in [-0.15, -0.1) is 0 Å². The molecule has 1 aromatic rings. The van der Waals surface area contributed by atoms with Crippen LogP contribution in [-0.2, 0) is 11.3 Å². The van der Waals surface area contributed by atoms with E-state index in [-0.39, 0.29) is 16.0 Å². The van der Waals surface area contributed by atoms with E-state index in [0.717, 1.165) is 12.0 Å². The predicted molar refractivity (Wildman–Crippen MR) is 81.0 cm³/mol. The Bertz CT molecular complexity index is 453. The maximum atomic E-state index is 11.0.